The second-order valence-corrected chi connectivity index (χ2v) is 43.1. The van der Waals surface area contributed by atoms with Gasteiger partial charge in [0.05, 0.1) is 0 Å². The molecule has 338 valence electrons. The van der Waals surface area contributed by atoms with Crippen molar-refractivity contribution in [3.05, 3.63) is 47.5 Å². The van der Waals surface area contributed by atoms with Gasteiger partial charge in [-0.3, -0.25) is 0 Å². The molecular weight excluding hydrogens is 801 g/mol. The summed E-state index contributed by atoms with van der Waals surface area (Å²) in [4.78, 5) is 0. The van der Waals surface area contributed by atoms with Gasteiger partial charge in [0, 0.05) is 23.3 Å². The normalized spacial score (nSPS) is 13.2. The molecule has 2 rings (SSSR count). The first-order valence-electron chi connectivity index (χ1n) is 23.7. The fourth-order valence-electron chi connectivity index (χ4n) is 12.0. The van der Waals surface area contributed by atoms with Gasteiger partial charge >= 0.3 is 0 Å². The van der Waals surface area contributed by atoms with Crippen LogP contribution in [0.15, 0.2) is 36.4 Å². The van der Waals surface area contributed by atoms with Gasteiger partial charge in [-0.1, -0.05) is 178 Å². The fraction of sp³-hybridized carbons (Fsp3) is 0.692. The maximum atomic E-state index is 7.29. The fourth-order valence-corrected chi connectivity index (χ4v) is 32.9. The number of hydrogen-bond donors (Lipinski definition) is 0. The van der Waals surface area contributed by atoms with Crippen molar-refractivity contribution in [2.24, 2.45) is 0 Å². The van der Waals surface area contributed by atoms with Crippen LogP contribution < -0.4 is 17.7 Å². The van der Waals surface area contributed by atoms with Gasteiger partial charge in [0.15, 0.2) is 0 Å². The first-order valence-corrected chi connectivity index (χ1v) is 32.2. The Balaban J connectivity index is 2.92. The molecule has 2 aromatic carbocycles. The molecule has 8 heteroatoms. The quantitative estimate of drug-likeness (QED) is 0.0980. The Labute approximate surface area is 376 Å². The molecule has 60 heavy (non-hydrogen) atoms. The summed E-state index contributed by atoms with van der Waals surface area (Å²) < 4.78 is 29.2. The van der Waals surface area contributed by atoms with Gasteiger partial charge in [-0.25, -0.2) is 0 Å². The summed E-state index contributed by atoms with van der Waals surface area (Å²) >= 11 is 0. The van der Waals surface area contributed by atoms with Crippen molar-refractivity contribution < 1.29 is 17.7 Å². The van der Waals surface area contributed by atoms with Crippen molar-refractivity contribution in [3.8, 4) is 46.7 Å². The van der Waals surface area contributed by atoms with Gasteiger partial charge in [0.2, 0.25) is 0 Å². The van der Waals surface area contributed by atoms with Crippen molar-refractivity contribution in [2.45, 2.75) is 233 Å². The highest BCUT2D eigenvalue weighted by atomic mass is 28.4. The molecule has 4 nitrogen and oxygen atoms in total. The molecule has 0 aliphatic heterocycles. The minimum atomic E-state index is -2.25. The summed E-state index contributed by atoms with van der Waals surface area (Å²) in [6.45, 7) is 56.0. The molecule has 0 N–H and O–H groups in total. The monoisotopic (exact) mass is 891 g/mol. The molecule has 2 aromatic rings. The van der Waals surface area contributed by atoms with Gasteiger partial charge < -0.3 is 17.7 Å². The molecule has 0 radical (unpaired) electrons. The van der Waals surface area contributed by atoms with Crippen LogP contribution in [0.5, 0.6) is 23.0 Å². The molecule has 0 aliphatic rings. The zero-order chi connectivity index (χ0) is 46.3. The highest BCUT2D eigenvalue weighted by Gasteiger charge is 2.50. The minimum absolute atomic E-state index is 0.440. The molecule has 0 saturated heterocycles. The lowest BCUT2D eigenvalue weighted by atomic mass is 10.2. The molecule has 0 aliphatic carbocycles. The van der Waals surface area contributed by atoms with Crippen LogP contribution in [0.3, 0.4) is 0 Å². The van der Waals surface area contributed by atoms with Crippen LogP contribution in [0.2, 0.25) is 66.5 Å². The standard InChI is InChI=1S/C52H90O4Si4/c1-35(2)57(36(3)4,37(5)6)53-49-29-47(30-50(33-49)54-58(38(7)8,39(9)10)40(11)12)27-25-26-28-48-31-51(55-59(41(13)14,42(15)16)43(17)18)34-52(32-48)56-60(44(19)20,45(21)22)46(23)24/h29-46H,1-24H3. The van der Waals surface area contributed by atoms with Crippen LogP contribution in [0.1, 0.15) is 177 Å². The van der Waals surface area contributed by atoms with Crippen LogP contribution in [-0.2, 0) is 0 Å². The second kappa shape index (κ2) is 21.8. The Bertz CT molecular complexity index is 1470. The zero-order valence-electron chi connectivity index (χ0n) is 43.0. The van der Waals surface area contributed by atoms with E-state index < -0.39 is 33.3 Å². The molecule has 0 spiro atoms. The largest absolute Gasteiger partial charge is 0.543 e. The molecule has 0 amide bonds. The van der Waals surface area contributed by atoms with Crippen LogP contribution in [0.25, 0.3) is 0 Å². The Morgan fingerprint density at radius 3 is 0.550 bits per heavy atom. The molecule has 0 atom stereocenters. The summed E-state index contributed by atoms with van der Waals surface area (Å²) in [5.41, 5.74) is 7.00. The molecule has 0 aromatic heterocycles. The van der Waals surface area contributed by atoms with Gasteiger partial charge in [0.1, 0.15) is 23.0 Å². The van der Waals surface area contributed by atoms with Crippen LogP contribution in [0.4, 0.5) is 0 Å². The third-order valence-electron chi connectivity index (χ3n) is 14.2. The number of benzene rings is 2. The van der Waals surface area contributed by atoms with Crippen molar-refractivity contribution in [1.29, 1.82) is 0 Å². The average molecular weight is 892 g/mol. The molecular formula is C52H90O4Si4. The van der Waals surface area contributed by atoms with E-state index in [1.54, 1.807) is 0 Å². The van der Waals surface area contributed by atoms with E-state index in [1.807, 2.05) is 0 Å². The van der Waals surface area contributed by atoms with Crippen LogP contribution >= 0.6 is 0 Å². The van der Waals surface area contributed by atoms with Gasteiger partial charge in [-0.15, -0.1) is 0 Å². The predicted octanol–water partition coefficient (Wildman–Crippen LogP) is 17.3. The van der Waals surface area contributed by atoms with Gasteiger partial charge in [0.25, 0.3) is 33.3 Å². The molecule has 0 heterocycles. The van der Waals surface area contributed by atoms with Crippen molar-refractivity contribution in [1.82, 2.24) is 0 Å². The summed E-state index contributed by atoms with van der Waals surface area (Å²) in [5.74, 6) is 16.8. The van der Waals surface area contributed by atoms with Crippen molar-refractivity contribution in [2.75, 3.05) is 0 Å². The minimum Gasteiger partial charge on any atom is -0.543 e. The lowest BCUT2D eigenvalue weighted by Crippen LogP contribution is -2.51. The Morgan fingerprint density at radius 1 is 0.267 bits per heavy atom. The van der Waals surface area contributed by atoms with Crippen molar-refractivity contribution in [3.63, 3.8) is 0 Å². The van der Waals surface area contributed by atoms with E-state index in [1.165, 1.54) is 0 Å². The lowest BCUT2D eigenvalue weighted by Gasteiger charge is -2.43. The SMILES string of the molecule is CC(C)[Si](Oc1cc(C#CC#Cc2cc(O[Si](C(C)C)(C(C)C)C(C)C)cc(O[Si](C(C)C)(C(C)C)C(C)C)c2)cc(O[Si](C(C)C)(C(C)C)C(C)C)c1)(C(C)C)C(C)C. The van der Waals surface area contributed by atoms with Crippen molar-refractivity contribution >= 4 is 33.3 Å². The lowest BCUT2D eigenvalue weighted by molar-refractivity contribution is 0.461. The third kappa shape index (κ3) is 11.4. The molecule has 0 saturated carbocycles. The number of rotatable bonds is 20. The van der Waals surface area contributed by atoms with E-state index >= 15 is 0 Å². The predicted molar refractivity (Wildman–Crippen MR) is 273 cm³/mol. The molecule has 0 bridgehead atoms. The Kier molecular flexibility index (Phi) is 19.5. The van der Waals surface area contributed by atoms with Crippen LogP contribution in [0, 0.1) is 23.7 Å². The van der Waals surface area contributed by atoms with E-state index in [9.17, 15) is 0 Å². The first kappa shape index (κ1) is 53.8. The van der Waals surface area contributed by atoms with E-state index in [-0.39, 0.29) is 0 Å². The van der Waals surface area contributed by atoms with Crippen LogP contribution in [-0.4, -0.2) is 33.3 Å². The molecule has 0 fully saturated rings. The highest BCUT2D eigenvalue weighted by molar-refractivity contribution is 6.79. The van der Waals surface area contributed by atoms with E-state index in [0.717, 1.165) is 34.1 Å². The number of hydrogen-bond acceptors (Lipinski definition) is 4. The zero-order valence-corrected chi connectivity index (χ0v) is 47.0. The van der Waals surface area contributed by atoms with E-state index in [0.29, 0.717) is 66.5 Å². The maximum Gasteiger partial charge on any atom is 0.258 e. The topological polar surface area (TPSA) is 36.9 Å². The van der Waals surface area contributed by atoms with Gasteiger partial charge in [-0.2, -0.15) is 0 Å². The second-order valence-electron chi connectivity index (χ2n) is 21.6. The summed E-state index contributed by atoms with van der Waals surface area (Å²) in [7, 11) is -8.99. The third-order valence-corrected chi connectivity index (χ3v) is 38.3. The smallest absolute Gasteiger partial charge is 0.258 e. The molecule has 0 unspecified atom stereocenters. The van der Waals surface area contributed by atoms with Gasteiger partial charge in [-0.05, 0) is 103 Å². The highest BCUT2D eigenvalue weighted by Crippen LogP contribution is 2.48. The maximum absolute atomic E-state index is 7.29. The Morgan fingerprint density at radius 2 is 0.417 bits per heavy atom. The summed E-state index contributed by atoms with van der Waals surface area (Å²) in [6, 6.07) is 12.8. The van der Waals surface area contributed by atoms with E-state index in [2.05, 4.69) is 226 Å². The van der Waals surface area contributed by atoms with E-state index in [4.69, 9.17) is 17.7 Å². The first-order chi connectivity index (χ1) is 27.6. The average Bonchev–Trinajstić information content (AvgIpc) is 3.10. The Hall–Kier alpha value is -2.37. The summed E-state index contributed by atoms with van der Waals surface area (Å²) in [6.07, 6.45) is 0. The summed E-state index contributed by atoms with van der Waals surface area (Å²) in [5, 5.41) is 0.